The number of urea groups is 1. The summed E-state index contributed by atoms with van der Waals surface area (Å²) in [5.41, 5.74) is 1.23. The summed E-state index contributed by atoms with van der Waals surface area (Å²) in [6.45, 7) is 2.11. The molecule has 1 aromatic heterocycles. The molecule has 2 heterocycles. The molecule has 2 aromatic rings. The predicted molar refractivity (Wildman–Crippen MR) is 85.9 cm³/mol. The van der Waals surface area contributed by atoms with E-state index in [1.54, 1.807) is 4.68 Å². The van der Waals surface area contributed by atoms with Gasteiger partial charge in [0.05, 0.1) is 0 Å². The zero-order valence-corrected chi connectivity index (χ0v) is 13.4. The number of amides is 2. The van der Waals surface area contributed by atoms with E-state index in [0.717, 1.165) is 31.6 Å². The zero-order valence-electron chi connectivity index (χ0n) is 13.4. The average molecular weight is 314 g/mol. The molecule has 1 unspecified atom stereocenters. The highest BCUT2D eigenvalue weighted by Gasteiger charge is 2.27. The third-order valence-corrected chi connectivity index (χ3v) is 4.26. The number of tetrazole rings is 1. The van der Waals surface area contributed by atoms with Crippen molar-refractivity contribution in [3.63, 3.8) is 0 Å². The van der Waals surface area contributed by atoms with Crippen molar-refractivity contribution >= 4 is 6.03 Å². The Morgan fingerprint density at radius 1 is 1.35 bits per heavy atom. The first-order valence-electron chi connectivity index (χ1n) is 8.03. The van der Waals surface area contributed by atoms with Gasteiger partial charge in [-0.3, -0.25) is 0 Å². The monoisotopic (exact) mass is 314 g/mol. The van der Waals surface area contributed by atoms with Crippen molar-refractivity contribution in [1.82, 2.24) is 30.4 Å². The van der Waals surface area contributed by atoms with Crippen molar-refractivity contribution < 1.29 is 4.79 Å². The van der Waals surface area contributed by atoms with Crippen LogP contribution in [0.1, 0.15) is 30.1 Å². The maximum Gasteiger partial charge on any atom is 0.317 e. The highest BCUT2D eigenvalue weighted by atomic mass is 16.2. The van der Waals surface area contributed by atoms with Gasteiger partial charge in [0.25, 0.3) is 0 Å². The maximum atomic E-state index is 12.3. The van der Waals surface area contributed by atoms with Gasteiger partial charge < -0.3 is 10.2 Å². The predicted octanol–water partition coefficient (Wildman–Crippen LogP) is 1.34. The largest absolute Gasteiger partial charge is 0.338 e. The fraction of sp³-hybridized carbons (Fsp3) is 0.500. The molecule has 3 rings (SSSR count). The first-order chi connectivity index (χ1) is 11.2. The Morgan fingerprint density at radius 3 is 2.91 bits per heavy atom. The summed E-state index contributed by atoms with van der Waals surface area (Å²) in [7, 11) is 1.84. The zero-order chi connectivity index (χ0) is 16.1. The minimum absolute atomic E-state index is 0.000702. The highest BCUT2D eigenvalue weighted by molar-refractivity contribution is 5.74. The topological polar surface area (TPSA) is 75.9 Å². The Labute approximate surface area is 135 Å². The molecule has 0 spiro atoms. The normalized spacial score (nSPS) is 18.0. The molecular weight excluding hydrogens is 292 g/mol. The van der Waals surface area contributed by atoms with E-state index in [1.165, 1.54) is 5.56 Å². The van der Waals surface area contributed by atoms with Gasteiger partial charge in [0, 0.05) is 32.6 Å². The summed E-state index contributed by atoms with van der Waals surface area (Å²) in [4.78, 5) is 14.2. The number of hydrogen-bond donors (Lipinski definition) is 1. The van der Waals surface area contributed by atoms with Gasteiger partial charge in [-0.1, -0.05) is 30.3 Å². The van der Waals surface area contributed by atoms with E-state index in [-0.39, 0.29) is 11.9 Å². The molecule has 1 fully saturated rings. The van der Waals surface area contributed by atoms with Crippen LogP contribution in [0.4, 0.5) is 4.79 Å². The highest BCUT2D eigenvalue weighted by Crippen LogP contribution is 2.24. The standard InChI is InChI=1S/C16H22N6O/c1-21-15(18-19-20-21)14-8-5-11-22(12-14)16(23)17-10-9-13-6-3-2-4-7-13/h2-4,6-7,14H,5,8-12H2,1H3,(H,17,23). The number of rotatable bonds is 4. The lowest BCUT2D eigenvalue weighted by molar-refractivity contribution is 0.177. The lowest BCUT2D eigenvalue weighted by Gasteiger charge is -2.31. The minimum Gasteiger partial charge on any atom is -0.338 e. The number of hydrogen-bond acceptors (Lipinski definition) is 4. The number of nitrogens with zero attached hydrogens (tertiary/aromatic N) is 5. The number of benzene rings is 1. The number of nitrogens with one attached hydrogen (secondary N) is 1. The molecule has 7 nitrogen and oxygen atoms in total. The molecule has 2 amide bonds. The van der Waals surface area contributed by atoms with Crippen molar-refractivity contribution in [3.8, 4) is 0 Å². The number of carbonyl (C=O) groups is 1. The molecule has 0 aliphatic carbocycles. The summed E-state index contributed by atoms with van der Waals surface area (Å²) < 4.78 is 1.70. The summed E-state index contributed by atoms with van der Waals surface area (Å²) >= 11 is 0. The number of aromatic nitrogens is 4. The van der Waals surface area contributed by atoms with Crippen LogP contribution < -0.4 is 5.32 Å². The van der Waals surface area contributed by atoms with E-state index in [2.05, 4.69) is 33.0 Å². The lowest BCUT2D eigenvalue weighted by atomic mass is 9.97. The second-order valence-electron chi connectivity index (χ2n) is 5.91. The van der Waals surface area contributed by atoms with Crippen molar-refractivity contribution in [2.75, 3.05) is 19.6 Å². The van der Waals surface area contributed by atoms with Crippen LogP contribution in [0.25, 0.3) is 0 Å². The van der Waals surface area contributed by atoms with E-state index in [9.17, 15) is 4.79 Å². The van der Waals surface area contributed by atoms with Crippen LogP contribution in [-0.2, 0) is 13.5 Å². The third-order valence-electron chi connectivity index (χ3n) is 4.26. The number of aryl methyl sites for hydroxylation is 1. The second-order valence-corrected chi connectivity index (χ2v) is 5.91. The molecule has 1 N–H and O–H groups in total. The Kier molecular flexibility index (Phi) is 4.85. The third kappa shape index (κ3) is 3.85. The van der Waals surface area contributed by atoms with Gasteiger partial charge in [0.15, 0.2) is 5.82 Å². The smallest absolute Gasteiger partial charge is 0.317 e. The number of likely N-dealkylation sites (tertiary alicyclic amines) is 1. The van der Waals surface area contributed by atoms with Crippen molar-refractivity contribution in [1.29, 1.82) is 0 Å². The van der Waals surface area contributed by atoms with Crippen LogP contribution in [0.2, 0.25) is 0 Å². The molecule has 0 radical (unpaired) electrons. The van der Waals surface area contributed by atoms with Crippen molar-refractivity contribution in [2.24, 2.45) is 7.05 Å². The summed E-state index contributed by atoms with van der Waals surface area (Å²) in [6, 6.07) is 10.2. The van der Waals surface area contributed by atoms with Gasteiger partial charge in [-0.15, -0.1) is 5.10 Å². The quantitative estimate of drug-likeness (QED) is 0.924. The maximum absolute atomic E-state index is 12.3. The summed E-state index contributed by atoms with van der Waals surface area (Å²) in [5, 5.41) is 14.7. The van der Waals surface area contributed by atoms with Crippen molar-refractivity contribution in [3.05, 3.63) is 41.7 Å². The van der Waals surface area contributed by atoms with Crippen LogP contribution in [-0.4, -0.2) is 50.8 Å². The van der Waals surface area contributed by atoms with Crippen molar-refractivity contribution in [2.45, 2.75) is 25.2 Å². The molecule has 1 atom stereocenters. The van der Waals surface area contributed by atoms with Crippen LogP contribution in [0.15, 0.2) is 30.3 Å². The fourth-order valence-electron chi connectivity index (χ4n) is 3.02. The Morgan fingerprint density at radius 2 is 2.17 bits per heavy atom. The van der Waals surface area contributed by atoms with E-state index in [0.29, 0.717) is 13.1 Å². The van der Waals surface area contributed by atoms with Gasteiger partial charge in [0.1, 0.15) is 0 Å². The van der Waals surface area contributed by atoms with Crippen LogP contribution >= 0.6 is 0 Å². The Bertz CT molecular complexity index is 641. The van der Waals surface area contributed by atoms with Gasteiger partial charge in [-0.2, -0.15) is 0 Å². The molecule has 1 aliphatic heterocycles. The summed E-state index contributed by atoms with van der Waals surface area (Å²) in [6.07, 6.45) is 2.84. The lowest BCUT2D eigenvalue weighted by Crippen LogP contribution is -2.45. The van der Waals surface area contributed by atoms with E-state index >= 15 is 0 Å². The number of carbonyl (C=O) groups excluding carboxylic acids is 1. The van der Waals surface area contributed by atoms with Gasteiger partial charge in [-0.25, -0.2) is 9.48 Å². The van der Waals surface area contributed by atoms with Crippen LogP contribution in [0, 0.1) is 0 Å². The molecule has 1 saturated heterocycles. The molecule has 7 heteroatoms. The first-order valence-corrected chi connectivity index (χ1v) is 8.03. The number of piperidine rings is 1. The molecule has 23 heavy (non-hydrogen) atoms. The van der Waals surface area contributed by atoms with Gasteiger partial charge in [0.2, 0.25) is 0 Å². The first kappa shape index (κ1) is 15.5. The Balaban J connectivity index is 1.50. The van der Waals surface area contributed by atoms with E-state index < -0.39 is 0 Å². The minimum atomic E-state index is 0.000702. The molecule has 0 bridgehead atoms. The van der Waals surface area contributed by atoms with Crippen LogP contribution in [0.3, 0.4) is 0 Å². The summed E-state index contributed by atoms with van der Waals surface area (Å²) in [5.74, 6) is 1.07. The molecule has 0 saturated carbocycles. The molecular formula is C16H22N6O. The molecule has 1 aromatic carbocycles. The fourth-order valence-corrected chi connectivity index (χ4v) is 3.02. The van der Waals surface area contributed by atoms with Gasteiger partial charge in [-0.05, 0) is 35.3 Å². The van der Waals surface area contributed by atoms with Gasteiger partial charge >= 0.3 is 6.03 Å². The Hall–Kier alpha value is -2.44. The molecule has 122 valence electrons. The molecule has 1 aliphatic rings. The van der Waals surface area contributed by atoms with Crippen LogP contribution in [0.5, 0.6) is 0 Å². The SMILES string of the molecule is Cn1nnnc1C1CCCN(C(=O)NCCc2ccccc2)C1. The van der Waals surface area contributed by atoms with E-state index in [4.69, 9.17) is 0 Å². The average Bonchev–Trinajstić information content (AvgIpc) is 3.02. The van der Waals surface area contributed by atoms with E-state index in [1.807, 2.05) is 30.1 Å². The second kappa shape index (κ2) is 7.21.